The molecule has 0 aliphatic carbocycles. The van der Waals surface area contributed by atoms with Crippen LogP contribution in [0.2, 0.25) is 0 Å². The second-order valence-corrected chi connectivity index (χ2v) is 31.5. The third-order valence-corrected chi connectivity index (χ3v) is 21.1. The van der Waals surface area contributed by atoms with Gasteiger partial charge in [0.15, 0.2) is 0 Å². The number of carboxylic acids is 1. The van der Waals surface area contributed by atoms with Crippen LogP contribution in [0.25, 0.3) is 10.9 Å². The summed E-state index contributed by atoms with van der Waals surface area (Å²) in [5, 5.41) is 77.6. The van der Waals surface area contributed by atoms with Crippen LogP contribution < -0.4 is 74.4 Å². The minimum absolute atomic E-state index is 0.00977. The summed E-state index contributed by atoms with van der Waals surface area (Å²) < 4.78 is 11.5. The molecule has 0 unspecified atom stereocenters. The van der Waals surface area contributed by atoms with Crippen LogP contribution in [0.1, 0.15) is 128 Å². The van der Waals surface area contributed by atoms with E-state index >= 15 is 47.9 Å². The number of nitrogens with one attached hydrogen (secondary N) is 15. The Morgan fingerprint density at radius 2 is 1.15 bits per heavy atom. The van der Waals surface area contributed by atoms with Crippen molar-refractivity contribution in [3.05, 3.63) is 132 Å². The number of cyclic esters (lactones) is 1. The molecule has 19 N–H and O–H groups in total. The lowest BCUT2D eigenvalue weighted by atomic mass is 10.00. The summed E-state index contributed by atoms with van der Waals surface area (Å²) in [5.74, 6) is -21.6. The van der Waals surface area contributed by atoms with Crippen molar-refractivity contribution in [1.82, 2.24) is 84.3 Å². The first-order valence-corrected chi connectivity index (χ1v) is 40.9. The molecule has 4 fully saturated rings. The molecule has 15 amide bonds. The maximum atomic E-state index is 15.5. The van der Waals surface area contributed by atoms with Crippen molar-refractivity contribution in [2.45, 2.75) is 222 Å². The second kappa shape index (κ2) is 44.8. The highest BCUT2D eigenvalue weighted by Gasteiger charge is 2.44. The predicted molar refractivity (Wildman–Crippen MR) is 438 cm³/mol. The van der Waals surface area contributed by atoms with Gasteiger partial charge in [-0.15, -0.1) is 0 Å². The van der Waals surface area contributed by atoms with Crippen molar-refractivity contribution in [3.63, 3.8) is 0 Å². The number of hydrogen-bond acceptors (Lipinski definition) is 23. The average molecular weight is 1720 g/mol. The van der Waals surface area contributed by atoms with Crippen LogP contribution in [-0.4, -0.2) is 254 Å². The third kappa shape index (κ3) is 28.0. The van der Waals surface area contributed by atoms with Gasteiger partial charge in [-0.3, -0.25) is 81.5 Å². The summed E-state index contributed by atoms with van der Waals surface area (Å²) in [6, 6.07) is 4.02. The van der Waals surface area contributed by atoms with Crippen LogP contribution in [0.5, 0.6) is 11.5 Å². The van der Waals surface area contributed by atoms with E-state index in [0.29, 0.717) is 27.6 Å². The number of benzene rings is 4. The zero-order chi connectivity index (χ0) is 90.0. The van der Waals surface area contributed by atoms with Gasteiger partial charge in [0.2, 0.25) is 88.6 Å². The number of para-hydroxylation sites is 1. The van der Waals surface area contributed by atoms with Gasteiger partial charge >= 0.3 is 17.9 Å². The Labute approximate surface area is 711 Å². The van der Waals surface area contributed by atoms with Gasteiger partial charge in [-0.05, 0) is 130 Å². The molecule has 40 nitrogen and oxygen atoms in total. The van der Waals surface area contributed by atoms with Gasteiger partial charge in [0.25, 0.3) is 0 Å². The van der Waals surface area contributed by atoms with Crippen molar-refractivity contribution < 1.29 is 116 Å². The first kappa shape index (κ1) is 94.3. The molecule has 5 aromatic rings. The molecule has 0 spiro atoms. The number of hydrogen-bond donors (Lipinski definition) is 19. The number of phenolic OH excluding ortho intramolecular Hbond substituents is 2. The normalized spacial score (nSPS) is 23.9. The van der Waals surface area contributed by atoms with E-state index in [1.807, 2.05) is 0 Å². The van der Waals surface area contributed by atoms with E-state index in [2.05, 4.69) is 79.4 Å². The minimum atomic E-state index is -2.28. The Kier molecular flexibility index (Phi) is 34.1. The fraction of sp³-hybridized carbons (Fsp3) is 0.476. The zero-order valence-electron chi connectivity index (χ0n) is 69.0. The van der Waals surface area contributed by atoms with Crippen molar-refractivity contribution in [2.24, 2.45) is 5.92 Å². The van der Waals surface area contributed by atoms with Crippen LogP contribution in [0.4, 0.5) is 0 Å². The van der Waals surface area contributed by atoms with Crippen molar-refractivity contribution >= 4 is 117 Å². The number of aliphatic hydroxyl groups is 1. The molecule has 4 bridgehead atoms. The molecule has 15 atom stereocenters. The van der Waals surface area contributed by atoms with Gasteiger partial charge in [-0.2, -0.15) is 0 Å². The Hall–Kier alpha value is -13.6. The van der Waals surface area contributed by atoms with E-state index in [4.69, 9.17) is 9.47 Å². The lowest BCUT2D eigenvalue weighted by molar-refractivity contribution is -0.155. The maximum Gasteiger partial charge on any atom is 0.326 e. The Bertz CT molecular complexity index is 4700. The summed E-state index contributed by atoms with van der Waals surface area (Å²) in [5.41, 5.74) is 2.08. The number of aromatic nitrogens is 1. The molecule has 666 valence electrons. The number of aliphatic hydroxyl groups excluding tert-OH is 1. The van der Waals surface area contributed by atoms with E-state index in [0.717, 1.165) is 18.7 Å². The third-order valence-electron chi connectivity index (χ3n) is 21.1. The number of rotatable bonds is 21. The Morgan fingerprint density at radius 3 is 1.82 bits per heavy atom. The molecule has 4 aliphatic heterocycles. The molecular weight excluding hydrogens is 1620 g/mol. The van der Waals surface area contributed by atoms with Gasteiger partial charge in [0.1, 0.15) is 103 Å². The SMILES string of the molecule is CC(=O)N[C@@H](Cc1ccccc1)C(=O)NCC(=O)N[C@H](C(=O)N[C@@H]1C(=O)N[C@@H](CC(C)C)C(=O)N[C@H]2CCCCNC(=O)CC[C@@H](C(=O)N[C@@H](Cc3ccc(O)cc3)C(=O)O)NC(=O)[C@@H]3CCC(=O)OC[C@H](NC(=O)[C@@H]4CCCN4C(=O)[C@H](Cc4ccc(O)cc4)NC2=O)C(=O)N[C@@H](CC(=O)O[C@@H]1C)C(=O)N[C@@H](Cc1cc2ccccc2[nH]1)C(=O)N3)[C@@H](C)O. The monoisotopic (exact) mass is 1720 g/mol. The largest absolute Gasteiger partial charge is 0.508 e. The van der Waals surface area contributed by atoms with Gasteiger partial charge in [0, 0.05) is 69.7 Å². The molecule has 40 heteroatoms. The number of phenols is 2. The predicted octanol–water partition coefficient (Wildman–Crippen LogP) is -2.94. The number of nitrogens with zero attached hydrogens (tertiary/aromatic N) is 1. The number of aromatic amines is 1. The smallest absolute Gasteiger partial charge is 0.326 e. The highest BCUT2D eigenvalue weighted by atomic mass is 16.5. The summed E-state index contributed by atoms with van der Waals surface area (Å²) in [6.07, 6.45) is -9.68. The molecular formula is C84H106N16O24. The number of amides is 15. The van der Waals surface area contributed by atoms with Crippen LogP contribution in [0, 0.1) is 5.92 Å². The van der Waals surface area contributed by atoms with Gasteiger partial charge in [-0.1, -0.05) is 86.6 Å². The molecule has 4 aromatic carbocycles. The molecule has 1 aromatic heterocycles. The number of ether oxygens (including phenoxy) is 2. The minimum Gasteiger partial charge on any atom is -0.508 e. The quantitative estimate of drug-likeness (QED) is 0.0327. The molecule has 124 heavy (non-hydrogen) atoms. The number of aromatic hydroxyl groups is 2. The summed E-state index contributed by atoms with van der Waals surface area (Å²) in [7, 11) is 0. The van der Waals surface area contributed by atoms with Gasteiger partial charge < -0.3 is 114 Å². The van der Waals surface area contributed by atoms with Crippen LogP contribution in [-0.2, 0) is 121 Å². The number of carbonyl (C=O) groups is 18. The van der Waals surface area contributed by atoms with E-state index < -0.39 is 255 Å². The summed E-state index contributed by atoms with van der Waals surface area (Å²) in [6.45, 7) is 4.26. The van der Waals surface area contributed by atoms with Crippen LogP contribution >= 0.6 is 0 Å². The fourth-order valence-electron chi connectivity index (χ4n) is 14.6. The topological polar surface area (TPSA) is 594 Å². The van der Waals surface area contributed by atoms with E-state index in [1.54, 1.807) is 74.5 Å². The number of H-pyrrole nitrogens is 1. The zero-order valence-corrected chi connectivity index (χ0v) is 69.0. The number of esters is 2. The van der Waals surface area contributed by atoms with Crippen LogP contribution in [0.3, 0.4) is 0 Å². The van der Waals surface area contributed by atoms with E-state index in [9.17, 15) is 58.8 Å². The van der Waals surface area contributed by atoms with Crippen molar-refractivity contribution in [3.8, 4) is 11.5 Å². The van der Waals surface area contributed by atoms with Gasteiger partial charge in [0.05, 0.1) is 19.1 Å². The first-order valence-electron chi connectivity index (χ1n) is 40.9. The van der Waals surface area contributed by atoms with Crippen LogP contribution in [0.15, 0.2) is 109 Å². The number of carboxylic acid groups (broad SMARTS) is 1. The molecule has 0 saturated carbocycles. The lowest BCUT2D eigenvalue weighted by Gasteiger charge is -2.31. The Balaban J connectivity index is 1.16. The lowest BCUT2D eigenvalue weighted by Crippen LogP contribution is -2.63. The second-order valence-electron chi connectivity index (χ2n) is 31.5. The molecule has 0 radical (unpaired) electrons. The highest BCUT2D eigenvalue weighted by Crippen LogP contribution is 2.24. The van der Waals surface area contributed by atoms with Crippen molar-refractivity contribution in [2.75, 3.05) is 26.2 Å². The van der Waals surface area contributed by atoms with Gasteiger partial charge in [-0.25, -0.2) is 4.79 Å². The van der Waals surface area contributed by atoms with E-state index in [-0.39, 0.29) is 88.1 Å². The Morgan fingerprint density at radius 1 is 0.556 bits per heavy atom. The molecule has 4 saturated heterocycles. The standard InChI is InChI=1S/C84H106N16O24/c1-43(2)34-58-76(113)89-55-18-11-12-32-85-66(105)30-28-56(75(112)96-63(84(121)122)37-49-22-26-53(104)27-23-49)90-74(111)57-29-31-68(107)123-42-64(97-80(117)65-19-13-33-100(65)83(120)62(95-73(55)110)36-48-20-24-52(103)25-21-48)79(116)93-61(78(115)92-60(77(114)91-57)39-51-38-50-16-9-10-17-54(50)88-51)40-69(108)124-45(4)71(82(119)94-58)99-81(118)70(44(3)101)98-67(106)41-86-72(109)59(87-46(5)102)35-47-14-7-6-8-15-47/h6-10,14-17,20-27,38,43-45,55-65,70-71,88,101,103-104H,11-13,18-19,28-37,39-42H2,1-5H3,(H,85,105)(H,86,109)(H,87,102)(H,89,113)(H,90,111)(H,91,114)(H,92,115)(H,93,116)(H,94,119)(H,95,110)(H,96,112)(H,97,117)(H,98,106)(H,99,118)(H,121,122)/t44-,45-,55+,56+,57+,58+,59+,60+,61+,62+,63+,64+,65+,70+,71+/m1/s1. The maximum absolute atomic E-state index is 15.5. The fourth-order valence-corrected chi connectivity index (χ4v) is 14.6. The molecule has 5 heterocycles. The number of fused-ring (bicyclic) bond motifs is 13. The summed E-state index contributed by atoms with van der Waals surface area (Å²) >= 11 is 0. The number of carbonyl (C=O) groups excluding carboxylic acids is 17. The average Bonchev–Trinajstić information content (AvgIpc) is 1.63. The molecule has 4 aliphatic rings. The highest BCUT2D eigenvalue weighted by molar-refractivity contribution is 6.02. The summed E-state index contributed by atoms with van der Waals surface area (Å²) in [4.78, 5) is 267. The van der Waals surface area contributed by atoms with E-state index in [1.165, 1.54) is 55.5 Å². The van der Waals surface area contributed by atoms with Crippen molar-refractivity contribution in [1.29, 1.82) is 0 Å². The molecule has 9 rings (SSSR count). The first-order chi connectivity index (χ1) is 59.0. The number of aliphatic carboxylic acids is 1.